The lowest BCUT2D eigenvalue weighted by molar-refractivity contribution is -0.124. The van der Waals surface area contributed by atoms with Gasteiger partial charge in [-0.1, -0.05) is 19.9 Å². The first-order valence-corrected chi connectivity index (χ1v) is 10.4. The zero-order valence-corrected chi connectivity index (χ0v) is 17.0. The number of rotatable bonds is 4. The van der Waals surface area contributed by atoms with E-state index in [0.29, 0.717) is 18.0 Å². The first-order valence-electron chi connectivity index (χ1n) is 8.93. The van der Waals surface area contributed by atoms with E-state index in [-0.39, 0.29) is 17.9 Å². The summed E-state index contributed by atoms with van der Waals surface area (Å²) in [6, 6.07) is 1.91. The lowest BCUT2D eigenvalue weighted by Crippen LogP contribution is -2.50. The molecule has 1 aliphatic rings. The Morgan fingerprint density at radius 1 is 1.16 bits per heavy atom. The molecule has 0 spiro atoms. The second-order valence-electron chi connectivity index (χ2n) is 7.45. The first kappa shape index (κ1) is 19.9. The summed E-state index contributed by atoms with van der Waals surface area (Å²) in [6.07, 6.45) is 1.57. The van der Waals surface area contributed by atoms with Crippen LogP contribution in [0.1, 0.15) is 48.9 Å². The SMILES string of the molecule is Cc1cc(C)c(C)c(S(=O)(=O)N2CCCC(NC(=O)C(C)C)C2)c1C. The highest BCUT2D eigenvalue weighted by Gasteiger charge is 2.33. The van der Waals surface area contributed by atoms with Gasteiger partial charge in [0.15, 0.2) is 0 Å². The molecule has 1 fully saturated rings. The summed E-state index contributed by atoms with van der Waals surface area (Å²) in [6.45, 7) is 12.2. The summed E-state index contributed by atoms with van der Waals surface area (Å²) in [5.41, 5.74) is 3.61. The van der Waals surface area contributed by atoms with Crippen LogP contribution >= 0.6 is 0 Å². The predicted octanol–water partition coefficient (Wildman–Crippen LogP) is 2.85. The lowest BCUT2D eigenvalue weighted by Gasteiger charge is -2.33. The Kier molecular flexibility index (Phi) is 5.94. The molecule has 1 heterocycles. The summed E-state index contributed by atoms with van der Waals surface area (Å²) in [5.74, 6) is -0.126. The molecule has 140 valence electrons. The van der Waals surface area contributed by atoms with Crippen LogP contribution in [0.4, 0.5) is 0 Å². The van der Waals surface area contributed by atoms with Crippen molar-refractivity contribution in [3.8, 4) is 0 Å². The van der Waals surface area contributed by atoms with Gasteiger partial charge in [0.05, 0.1) is 4.90 Å². The van der Waals surface area contributed by atoms with Gasteiger partial charge in [-0.05, 0) is 62.8 Å². The fourth-order valence-corrected chi connectivity index (χ4v) is 5.44. The van der Waals surface area contributed by atoms with Crippen LogP contribution < -0.4 is 5.32 Å². The second kappa shape index (κ2) is 7.46. The molecule has 25 heavy (non-hydrogen) atoms. The zero-order chi connectivity index (χ0) is 18.9. The quantitative estimate of drug-likeness (QED) is 0.891. The van der Waals surface area contributed by atoms with Crippen LogP contribution in [0.3, 0.4) is 0 Å². The maximum atomic E-state index is 13.3. The molecule has 0 aliphatic carbocycles. The number of hydrogen-bond donors (Lipinski definition) is 1. The van der Waals surface area contributed by atoms with Crippen molar-refractivity contribution in [1.29, 1.82) is 0 Å². The zero-order valence-electron chi connectivity index (χ0n) is 16.1. The van der Waals surface area contributed by atoms with Gasteiger partial charge >= 0.3 is 0 Å². The average molecular weight is 367 g/mol. The Hall–Kier alpha value is -1.40. The van der Waals surface area contributed by atoms with Gasteiger partial charge in [-0.15, -0.1) is 0 Å². The number of carbonyl (C=O) groups excluding carboxylic acids is 1. The Morgan fingerprint density at radius 3 is 2.24 bits per heavy atom. The molecule has 1 amide bonds. The van der Waals surface area contributed by atoms with Crippen LogP contribution in [0.2, 0.25) is 0 Å². The molecule has 1 saturated heterocycles. The number of sulfonamides is 1. The van der Waals surface area contributed by atoms with E-state index in [1.165, 1.54) is 4.31 Å². The fraction of sp³-hybridized carbons (Fsp3) is 0.632. The Balaban J connectivity index is 2.33. The smallest absolute Gasteiger partial charge is 0.243 e. The number of nitrogens with zero attached hydrogens (tertiary/aromatic N) is 1. The van der Waals surface area contributed by atoms with Crippen molar-refractivity contribution in [1.82, 2.24) is 9.62 Å². The maximum Gasteiger partial charge on any atom is 0.243 e. The Labute approximate surface area is 151 Å². The van der Waals surface area contributed by atoms with Gasteiger partial charge in [0.25, 0.3) is 0 Å². The van der Waals surface area contributed by atoms with Crippen molar-refractivity contribution in [2.75, 3.05) is 13.1 Å². The van der Waals surface area contributed by atoms with E-state index >= 15 is 0 Å². The summed E-state index contributed by atoms with van der Waals surface area (Å²) in [4.78, 5) is 12.4. The summed E-state index contributed by atoms with van der Waals surface area (Å²) < 4.78 is 28.2. The average Bonchev–Trinajstić information content (AvgIpc) is 2.53. The highest BCUT2D eigenvalue weighted by Crippen LogP contribution is 2.30. The molecule has 1 aliphatic heterocycles. The third-order valence-corrected chi connectivity index (χ3v) is 7.29. The lowest BCUT2D eigenvalue weighted by atomic mass is 10.0. The number of piperidine rings is 1. The molecule has 0 radical (unpaired) electrons. The van der Waals surface area contributed by atoms with Crippen LogP contribution in [-0.2, 0) is 14.8 Å². The van der Waals surface area contributed by atoms with E-state index in [0.717, 1.165) is 35.1 Å². The van der Waals surface area contributed by atoms with Gasteiger partial charge in [-0.3, -0.25) is 4.79 Å². The molecule has 1 unspecified atom stereocenters. The Bertz CT molecular complexity index is 743. The van der Waals surface area contributed by atoms with Crippen molar-refractivity contribution in [2.24, 2.45) is 5.92 Å². The van der Waals surface area contributed by atoms with Gasteiger partial charge in [-0.25, -0.2) is 8.42 Å². The largest absolute Gasteiger partial charge is 0.352 e. The third-order valence-electron chi connectivity index (χ3n) is 5.15. The standard InChI is InChI=1S/C19H30N2O3S/c1-12(2)19(22)20-17-8-7-9-21(11-17)25(23,24)18-15(5)13(3)10-14(4)16(18)6/h10,12,17H,7-9,11H2,1-6H3,(H,20,22). The summed E-state index contributed by atoms with van der Waals surface area (Å²) in [7, 11) is -3.58. The van der Waals surface area contributed by atoms with Crippen LogP contribution in [0.5, 0.6) is 0 Å². The van der Waals surface area contributed by atoms with Gasteiger partial charge in [-0.2, -0.15) is 4.31 Å². The molecule has 0 saturated carbocycles. The third kappa shape index (κ3) is 4.06. The van der Waals surface area contributed by atoms with E-state index in [4.69, 9.17) is 0 Å². The summed E-state index contributed by atoms with van der Waals surface area (Å²) >= 11 is 0. The monoisotopic (exact) mass is 366 g/mol. The fourth-order valence-electron chi connectivity index (χ4n) is 3.34. The van der Waals surface area contributed by atoms with E-state index < -0.39 is 10.0 Å². The normalized spacial score (nSPS) is 19.2. The van der Waals surface area contributed by atoms with Crippen molar-refractivity contribution in [2.45, 2.75) is 65.3 Å². The molecule has 6 heteroatoms. The molecule has 0 bridgehead atoms. The number of nitrogens with one attached hydrogen (secondary N) is 1. The minimum atomic E-state index is -3.58. The first-order chi connectivity index (χ1) is 11.6. The van der Waals surface area contributed by atoms with E-state index in [9.17, 15) is 13.2 Å². The van der Waals surface area contributed by atoms with Gasteiger partial charge in [0, 0.05) is 25.0 Å². The van der Waals surface area contributed by atoms with E-state index in [2.05, 4.69) is 5.32 Å². The highest BCUT2D eigenvalue weighted by molar-refractivity contribution is 7.89. The number of benzene rings is 1. The van der Waals surface area contributed by atoms with Crippen LogP contribution in [-0.4, -0.2) is 37.8 Å². The van der Waals surface area contributed by atoms with Crippen molar-refractivity contribution >= 4 is 15.9 Å². The van der Waals surface area contributed by atoms with Crippen molar-refractivity contribution in [3.63, 3.8) is 0 Å². The minimum Gasteiger partial charge on any atom is -0.352 e. The van der Waals surface area contributed by atoms with E-state index in [1.807, 2.05) is 47.6 Å². The molecule has 1 atom stereocenters. The maximum absolute atomic E-state index is 13.3. The van der Waals surface area contributed by atoms with Gasteiger partial charge in [0.2, 0.25) is 15.9 Å². The van der Waals surface area contributed by atoms with E-state index in [1.54, 1.807) is 0 Å². The highest BCUT2D eigenvalue weighted by atomic mass is 32.2. The number of carbonyl (C=O) groups is 1. The molecule has 0 aromatic heterocycles. The topological polar surface area (TPSA) is 66.5 Å². The van der Waals surface area contributed by atoms with Gasteiger partial charge < -0.3 is 5.32 Å². The molecular formula is C19H30N2O3S. The predicted molar refractivity (Wildman–Crippen MR) is 100 cm³/mol. The van der Waals surface area contributed by atoms with Gasteiger partial charge in [0.1, 0.15) is 0 Å². The van der Waals surface area contributed by atoms with Crippen molar-refractivity contribution < 1.29 is 13.2 Å². The molecule has 5 nitrogen and oxygen atoms in total. The van der Waals surface area contributed by atoms with Crippen LogP contribution in [0.15, 0.2) is 11.0 Å². The van der Waals surface area contributed by atoms with Crippen LogP contribution in [0, 0.1) is 33.6 Å². The molecule has 1 aromatic rings. The Morgan fingerprint density at radius 2 is 1.72 bits per heavy atom. The molecule has 1 aromatic carbocycles. The summed E-state index contributed by atoms with van der Waals surface area (Å²) in [5, 5.41) is 2.98. The molecule has 2 rings (SSSR count). The number of aryl methyl sites for hydroxylation is 2. The number of hydrogen-bond acceptors (Lipinski definition) is 3. The number of amides is 1. The molecular weight excluding hydrogens is 336 g/mol. The van der Waals surface area contributed by atoms with Crippen molar-refractivity contribution in [3.05, 3.63) is 28.3 Å². The minimum absolute atomic E-state index is 0.0250. The second-order valence-corrected chi connectivity index (χ2v) is 9.33. The molecule has 1 N–H and O–H groups in total. The van der Waals surface area contributed by atoms with Crippen LogP contribution in [0.25, 0.3) is 0 Å².